The first kappa shape index (κ1) is 23.9. The van der Waals surface area contributed by atoms with Crippen molar-refractivity contribution < 1.29 is 18.3 Å². The Morgan fingerprint density at radius 1 is 0.973 bits per heavy atom. The first-order chi connectivity index (χ1) is 18.0. The molecule has 3 aromatic heterocycles. The third-order valence-electron chi connectivity index (χ3n) is 5.89. The number of para-hydroxylation sites is 1. The van der Waals surface area contributed by atoms with Crippen LogP contribution in [0.2, 0.25) is 0 Å². The zero-order valence-electron chi connectivity index (χ0n) is 20.4. The Kier molecular flexibility index (Phi) is 6.72. The smallest absolute Gasteiger partial charge is 0.307 e. The van der Waals surface area contributed by atoms with Gasteiger partial charge in [0.1, 0.15) is 23.9 Å². The molecule has 1 amide bonds. The van der Waals surface area contributed by atoms with Gasteiger partial charge in [0.05, 0.1) is 17.6 Å². The molecular formula is C29H25FN4O3. The summed E-state index contributed by atoms with van der Waals surface area (Å²) in [6.07, 6.45) is 3.16. The summed E-state index contributed by atoms with van der Waals surface area (Å²) in [7, 11) is 0. The summed E-state index contributed by atoms with van der Waals surface area (Å²) in [5.74, 6) is 0.437. The van der Waals surface area contributed by atoms with Crippen LogP contribution in [0.3, 0.4) is 0 Å². The minimum absolute atomic E-state index is 0.106. The molecule has 8 heteroatoms. The molecule has 0 unspecified atom stereocenters. The number of amides is 1. The van der Waals surface area contributed by atoms with Crippen LogP contribution in [0, 0.1) is 19.7 Å². The SMILES string of the molecule is Cc1ccc(C)n1-c1ccc(OCc2ccc(C(=O)N/N=C/c3cccn3-c3ccccc3F)o2)cc1. The lowest BCUT2D eigenvalue weighted by atomic mass is 10.3. The summed E-state index contributed by atoms with van der Waals surface area (Å²) in [4.78, 5) is 12.4. The normalized spacial score (nSPS) is 11.2. The van der Waals surface area contributed by atoms with E-state index in [0.29, 0.717) is 22.9 Å². The number of furan rings is 1. The zero-order chi connectivity index (χ0) is 25.8. The average Bonchev–Trinajstić information content (AvgIpc) is 3.64. The molecule has 0 atom stereocenters. The molecule has 0 bridgehead atoms. The largest absolute Gasteiger partial charge is 0.486 e. The first-order valence-electron chi connectivity index (χ1n) is 11.7. The minimum Gasteiger partial charge on any atom is -0.486 e. The molecule has 5 rings (SSSR count). The van der Waals surface area contributed by atoms with Gasteiger partial charge in [-0.15, -0.1) is 0 Å². The highest BCUT2D eigenvalue weighted by Gasteiger charge is 2.12. The van der Waals surface area contributed by atoms with Crippen molar-refractivity contribution >= 4 is 12.1 Å². The highest BCUT2D eigenvalue weighted by atomic mass is 19.1. The number of ether oxygens (including phenoxy) is 1. The summed E-state index contributed by atoms with van der Waals surface area (Å²) in [5, 5.41) is 3.99. The number of aromatic nitrogens is 2. The number of benzene rings is 2. The van der Waals surface area contributed by atoms with Gasteiger partial charge in [0, 0.05) is 23.3 Å². The van der Waals surface area contributed by atoms with E-state index in [4.69, 9.17) is 9.15 Å². The lowest BCUT2D eigenvalue weighted by Crippen LogP contribution is -2.17. The molecule has 186 valence electrons. The third kappa shape index (κ3) is 5.23. The van der Waals surface area contributed by atoms with Gasteiger partial charge in [-0.1, -0.05) is 12.1 Å². The summed E-state index contributed by atoms with van der Waals surface area (Å²) in [6, 6.07) is 25.2. The molecule has 0 fully saturated rings. The summed E-state index contributed by atoms with van der Waals surface area (Å²) in [5.41, 5.74) is 6.81. The predicted molar refractivity (Wildman–Crippen MR) is 139 cm³/mol. The second-order valence-electron chi connectivity index (χ2n) is 8.45. The van der Waals surface area contributed by atoms with E-state index in [0.717, 1.165) is 17.1 Å². The molecule has 1 N–H and O–H groups in total. The number of halogens is 1. The van der Waals surface area contributed by atoms with E-state index in [1.54, 1.807) is 53.2 Å². The van der Waals surface area contributed by atoms with Crippen LogP contribution in [-0.4, -0.2) is 21.3 Å². The fourth-order valence-electron chi connectivity index (χ4n) is 4.08. The third-order valence-corrected chi connectivity index (χ3v) is 5.89. The molecule has 7 nitrogen and oxygen atoms in total. The molecule has 0 saturated carbocycles. The Bertz CT molecular complexity index is 1540. The summed E-state index contributed by atoms with van der Waals surface area (Å²) >= 11 is 0. The summed E-state index contributed by atoms with van der Waals surface area (Å²) in [6.45, 7) is 4.31. The second-order valence-corrected chi connectivity index (χ2v) is 8.45. The highest BCUT2D eigenvalue weighted by Crippen LogP contribution is 2.21. The molecular weight excluding hydrogens is 471 g/mol. The van der Waals surface area contributed by atoms with Crippen molar-refractivity contribution in [1.82, 2.24) is 14.6 Å². The maximum absolute atomic E-state index is 14.1. The molecule has 5 aromatic rings. The van der Waals surface area contributed by atoms with E-state index in [9.17, 15) is 9.18 Å². The van der Waals surface area contributed by atoms with Gasteiger partial charge >= 0.3 is 5.91 Å². The van der Waals surface area contributed by atoms with Crippen LogP contribution < -0.4 is 10.2 Å². The molecule has 3 heterocycles. The van der Waals surface area contributed by atoms with E-state index in [1.807, 2.05) is 24.3 Å². The maximum atomic E-state index is 14.1. The zero-order valence-corrected chi connectivity index (χ0v) is 20.4. The van der Waals surface area contributed by atoms with E-state index < -0.39 is 5.91 Å². The Balaban J connectivity index is 1.17. The van der Waals surface area contributed by atoms with Crippen LogP contribution >= 0.6 is 0 Å². The van der Waals surface area contributed by atoms with Gasteiger partial charge < -0.3 is 18.3 Å². The number of hydrogen-bond acceptors (Lipinski definition) is 4. The number of hydrogen-bond donors (Lipinski definition) is 1. The van der Waals surface area contributed by atoms with Gasteiger partial charge in [-0.25, -0.2) is 9.82 Å². The van der Waals surface area contributed by atoms with E-state index in [-0.39, 0.29) is 18.2 Å². The van der Waals surface area contributed by atoms with Gasteiger partial charge in [-0.2, -0.15) is 5.10 Å². The van der Waals surface area contributed by atoms with Crippen molar-refractivity contribution in [2.75, 3.05) is 0 Å². The van der Waals surface area contributed by atoms with E-state index in [2.05, 4.69) is 41.1 Å². The quantitative estimate of drug-likeness (QED) is 0.213. The van der Waals surface area contributed by atoms with Crippen molar-refractivity contribution in [1.29, 1.82) is 0 Å². The van der Waals surface area contributed by atoms with Crippen molar-refractivity contribution in [2.24, 2.45) is 5.10 Å². The van der Waals surface area contributed by atoms with Crippen molar-refractivity contribution in [3.05, 3.63) is 126 Å². The molecule has 0 saturated heterocycles. The molecule has 0 aliphatic carbocycles. The number of carbonyl (C=O) groups excluding carboxylic acids is 1. The van der Waals surface area contributed by atoms with Crippen molar-refractivity contribution in [3.63, 3.8) is 0 Å². The van der Waals surface area contributed by atoms with Crippen LogP contribution in [0.1, 0.15) is 33.4 Å². The molecule has 2 aromatic carbocycles. The molecule has 0 aliphatic heterocycles. The fourth-order valence-corrected chi connectivity index (χ4v) is 4.08. The van der Waals surface area contributed by atoms with Crippen LogP contribution in [0.5, 0.6) is 5.75 Å². The lowest BCUT2D eigenvalue weighted by Gasteiger charge is -2.10. The monoisotopic (exact) mass is 496 g/mol. The topological polar surface area (TPSA) is 73.7 Å². The van der Waals surface area contributed by atoms with E-state index >= 15 is 0 Å². The number of nitrogens with zero attached hydrogens (tertiary/aromatic N) is 3. The molecule has 0 spiro atoms. The Labute approximate surface area is 213 Å². The molecule has 0 radical (unpaired) electrons. The van der Waals surface area contributed by atoms with E-state index in [1.165, 1.54) is 12.3 Å². The Morgan fingerprint density at radius 2 is 1.73 bits per heavy atom. The fraction of sp³-hybridized carbons (Fsp3) is 0.103. The number of hydrazone groups is 1. The van der Waals surface area contributed by atoms with Crippen LogP contribution in [-0.2, 0) is 6.61 Å². The number of rotatable bonds is 8. The maximum Gasteiger partial charge on any atom is 0.307 e. The number of carbonyl (C=O) groups is 1. The van der Waals surface area contributed by atoms with Crippen molar-refractivity contribution in [3.8, 4) is 17.1 Å². The van der Waals surface area contributed by atoms with Crippen LogP contribution in [0.15, 0.2) is 101 Å². The van der Waals surface area contributed by atoms with Gasteiger partial charge in [-0.05, 0) is 86.6 Å². The van der Waals surface area contributed by atoms with Crippen LogP contribution in [0.25, 0.3) is 11.4 Å². The van der Waals surface area contributed by atoms with Gasteiger partial charge in [0.2, 0.25) is 0 Å². The number of aryl methyl sites for hydroxylation is 2. The second kappa shape index (κ2) is 10.4. The highest BCUT2D eigenvalue weighted by molar-refractivity contribution is 5.92. The Morgan fingerprint density at radius 3 is 2.49 bits per heavy atom. The van der Waals surface area contributed by atoms with Crippen LogP contribution in [0.4, 0.5) is 4.39 Å². The Hall–Kier alpha value is -4.85. The summed E-state index contributed by atoms with van der Waals surface area (Å²) < 4.78 is 29.4. The van der Waals surface area contributed by atoms with Crippen molar-refractivity contribution in [2.45, 2.75) is 20.5 Å². The predicted octanol–water partition coefficient (Wildman–Crippen LogP) is 5.96. The van der Waals surface area contributed by atoms with Gasteiger partial charge in [0.15, 0.2) is 5.76 Å². The standard InChI is InChI=1S/C29H25FN4O3/c1-20-9-10-21(2)34(20)22-11-13-24(14-12-22)36-19-25-15-16-28(37-25)29(35)32-31-18-23-6-5-17-33(23)27-8-4-3-7-26(27)30/h3-18H,19H2,1-2H3,(H,32,35)/b31-18+. The molecule has 0 aliphatic rings. The lowest BCUT2D eigenvalue weighted by molar-refractivity contribution is 0.0923. The average molecular weight is 497 g/mol. The van der Waals surface area contributed by atoms with Gasteiger partial charge in [0.25, 0.3) is 0 Å². The minimum atomic E-state index is -0.506. The number of nitrogens with one attached hydrogen (secondary N) is 1. The first-order valence-corrected chi connectivity index (χ1v) is 11.7. The molecule has 37 heavy (non-hydrogen) atoms. The van der Waals surface area contributed by atoms with Gasteiger partial charge in [-0.3, -0.25) is 4.79 Å².